The number of esters is 1. The minimum absolute atomic E-state index is 0.301. The van der Waals surface area contributed by atoms with E-state index in [1.807, 2.05) is 30.3 Å². The molecule has 0 fully saturated rings. The Morgan fingerprint density at radius 1 is 1.00 bits per heavy atom. The monoisotopic (exact) mass is 335 g/mol. The summed E-state index contributed by atoms with van der Waals surface area (Å²) >= 11 is 0. The summed E-state index contributed by atoms with van der Waals surface area (Å²) in [4.78, 5) is 11.7. The van der Waals surface area contributed by atoms with Gasteiger partial charge in [-0.05, 0) is 48.0 Å². The number of nitrogens with one attached hydrogen (secondary N) is 1. The molecule has 0 aliphatic heterocycles. The van der Waals surface area contributed by atoms with Crippen LogP contribution in [0.25, 0.3) is 10.8 Å². The van der Waals surface area contributed by atoms with Crippen molar-refractivity contribution in [2.75, 3.05) is 19.0 Å². The maximum Gasteiger partial charge on any atom is 0.338 e. The Balaban J connectivity index is 1.79. The van der Waals surface area contributed by atoms with Crippen molar-refractivity contribution >= 4 is 22.4 Å². The van der Waals surface area contributed by atoms with Crippen LogP contribution in [-0.2, 0) is 11.3 Å². The lowest BCUT2D eigenvalue weighted by molar-refractivity contribution is 0.0526. The molecule has 25 heavy (non-hydrogen) atoms. The number of hydrogen-bond acceptors (Lipinski definition) is 4. The third-order valence-corrected chi connectivity index (χ3v) is 4.08. The molecule has 128 valence electrons. The molecule has 0 unspecified atom stereocenters. The molecule has 0 bridgehead atoms. The average molecular weight is 335 g/mol. The van der Waals surface area contributed by atoms with Crippen molar-refractivity contribution in [2.45, 2.75) is 13.5 Å². The van der Waals surface area contributed by atoms with Gasteiger partial charge in [-0.25, -0.2) is 4.79 Å². The van der Waals surface area contributed by atoms with Gasteiger partial charge in [0.25, 0.3) is 0 Å². The fourth-order valence-corrected chi connectivity index (χ4v) is 2.82. The van der Waals surface area contributed by atoms with E-state index >= 15 is 0 Å². The Morgan fingerprint density at radius 3 is 2.48 bits per heavy atom. The fourth-order valence-electron chi connectivity index (χ4n) is 2.82. The van der Waals surface area contributed by atoms with Crippen molar-refractivity contribution in [3.63, 3.8) is 0 Å². The smallest absolute Gasteiger partial charge is 0.338 e. The van der Waals surface area contributed by atoms with Crippen molar-refractivity contribution in [3.05, 3.63) is 71.8 Å². The van der Waals surface area contributed by atoms with Crippen LogP contribution in [0.3, 0.4) is 0 Å². The number of carbonyl (C=O) groups excluding carboxylic acids is 1. The molecule has 0 atom stereocenters. The molecular formula is C21H21NO3. The molecule has 0 radical (unpaired) electrons. The molecular weight excluding hydrogens is 314 g/mol. The Bertz CT molecular complexity index is 872. The second kappa shape index (κ2) is 7.71. The number of anilines is 1. The van der Waals surface area contributed by atoms with Gasteiger partial charge in [-0.1, -0.05) is 30.3 Å². The molecule has 0 aliphatic carbocycles. The first-order valence-electron chi connectivity index (χ1n) is 8.28. The molecule has 0 aliphatic rings. The topological polar surface area (TPSA) is 47.6 Å². The highest BCUT2D eigenvalue weighted by molar-refractivity contribution is 5.90. The van der Waals surface area contributed by atoms with E-state index in [2.05, 4.69) is 23.5 Å². The summed E-state index contributed by atoms with van der Waals surface area (Å²) in [6.07, 6.45) is 0. The molecule has 3 rings (SSSR count). The summed E-state index contributed by atoms with van der Waals surface area (Å²) in [6.45, 7) is 2.80. The van der Waals surface area contributed by atoms with Gasteiger partial charge in [-0.15, -0.1) is 0 Å². The number of carbonyl (C=O) groups is 1. The van der Waals surface area contributed by atoms with Crippen LogP contribution in [0, 0.1) is 0 Å². The fraction of sp³-hybridized carbons (Fsp3) is 0.190. The molecule has 1 N–H and O–H groups in total. The van der Waals surface area contributed by atoms with E-state index in [9.17, 15) is 4.79 Å². The van der Waals surface area contributed by atoms with Gasteiger partial charge >= 0.3 is 5.97 Å². The van der Waals surface area contributed by atoms with Crippen molar-refractivity contribution in [3.8, 4) is 5.75 Å². The Kier molecular flexibility index (Phi) is 5.19. The second-order valence-electron chi connectivity index (χ2n) is 5.62. The lowest BCUT2D eigenvalue weighted by atomic mass is 10.0. The van der Waals surface area contributed by atoms with Crippen LogP contribution in [-0.4, -0.2) is 19.7 Å². The predicted octanol–water partition coefficient (Wildman–Crippen LogP) is 4.64. The third kappa shape index (κ3) is 3.74. The quantitative estimate of drug-likeness (QED) is 0.667. The van der Waals surface area contributed by atoms with Crippen molar-refractivity contribution in [2.24, 2.45) is 0 Å². The van der Waals surface area contributed by atoms with Crippen LogP contribution in [0.2, 0.25) is 0 Å². The van der Waals surface area contributed by atoms with Gasteiger partial charge in [0.1, 0.15) is 5.75 Å². The van der Waals surface area contributed by atoms with Gasteiger partial charge in [0.2, 0.25) is 0 Å². The number of ether oxygens (including phenoxy) is 2. The number of methoxy groups -OCH3 is 1. The summed E-state index contributed by atoms with van der Waals surface area (Å²) in [5.41, 5.74) is 2.59. The molecule has 3 aromatic rings. The highest BCUT2D eigenvalue weighted by atomic mass is 16.5. The molecule has 0 aromatic heterocycles. The van der Waals surface area contributed by atoms with E-state index in [-0.39, 0.29) is 5.97 Å². The average Bonchev–Trinajstić information content (AvgIpc) is 2.66. The summed E-state index contributed by atoms with van der Waals surface area (Å²) in [6, 6.07) is 19.6. The van der Waals surface area contributed by atoms with E-state index in [0.717, 1.165) is 22.4 Å². The van der Waals surface area contributed by atoms with Crippen LogP contribution in [0.5, 0.6) is 5.75 Å². The van der Waals surface area contributed by atoms with Gasteiger partial charge in [0, 0.05) is 17.8 Å². The van der Waals surface area contributed by atoms with Gasteiger partial charge in [-0.3, -0.25) is 0 Å². The molecule has 4 heteroatoms. The van der Waals surface area contributed by atoms with Gasteiger partial charge in [0.05, 0.1) is 19.3 Å². The lowest BCUT2D eigenvalue weighted by Gasteiger charge is -2.14. The van der Waals surface area contributed by atoms with Crippen LogP contribution >= 0.6 is 0 Å². The Morgan fingerprint density at radius 2 is 1.76 bits per heavy atom. The predicted molar refractivity (Wildman–Crippen MR) is 100 cm³/mol. The van der Waals surface area contributed by atoms with Crippen LogP contribution in [0.1, 0.15) is 22.8 Å². The molecule has 3 aromatic carbocycles. The van der Waals surface area contributed by atoms with Crippen LogP contribution in [0.4, 0.5) is 5.69 Å². The summed E-state index contributed by atoms with van der Waals surface area (Å²) in [7, 11) is 1.68. The molecule has 0 amide bonds. The summed E-state index contributed by atoms with van der Waals surface area (Å²) in [5, 5.41) is 5.74. The van der Waals surface area contributed by atoms with Crippen molar-refractivity contribution in [1.29, 1.82) is 0 Å². The lowest BCUT2D eigenvalue weighted by Crippen LogP contribution is -2.05. The van der Waals surface area contributed by atoms with E-state index in [4.69, 9.17) is 9.47 Å². The zero-order chi connectivity index (χ0) is 17.6. The molecule has 0 saturated carbocycles. The second-order valence-corrected chi connectivity index (χ2v) is 5.62. The SMILES string of the molecule is CCOC(=O)c1ccc(NCc2c(OC)ccc3ccccc23)cc1. The van der Waals surface area contributed by atoms with Crippen molar-refractivity contribution in [1.82, 2.24) is 0 Å². The maximum absolute atomic E-state index is 11.7. The van der Waals surface area contributed by atoms with E-state index in [1.54, 1.807) is 26.2 Å². The zero-order valence-corrected chi connectivity index (χ0v) is 14.4. The zero-order valence-electron chi connectivity index (χ0n) is 14.4. The largest absolute Gasteiger partial charge is 0.496 e. The number of hydrogen-bond donors (Lipinski definition) is 1. The maximum atomic E-state index is 11.7. The Labute approximate surface area is 147 Å². The van der Waals surface area contributed by atoms with Gasteiger partial charge < -0.3 is 14.8 Å². The highest BCUT2D eigenvalue weighted by Gasteiger charge is 2.09. The van der Waals surface area contributed by atoms with E-state index in [0.29, 0.717) is 18.7 Å². The standard InChI is InChI=1S/C21H21NO3/c1-3-25-21(23)16-8-11-17(12-9-16)22-14-19-18-7-5-4-6-15(18)10-13-20(19)24-2/h4-13,22H,3,14H2,1-2H3. The molecule has 0 saturated heterocycles. The molecule has 0 spiro atoms. The minimum Gasteiger partial charge on any atom is -0.496 e. The first kappa shape index (κ1) is 16.8. The summed E-state index contributed by atoms with van der Waals surface area (Å²) < 4.78 is 10.5. The van der Waals surface area contributed by atoms with Crippen molar-refractivity contribution < 1.29 is 14.3 Å². The summed E-state index contributed by atoms with van der Waals surface area (Å²) in [5.74, 6) is 0.555. The Hall–Kier alpha value is -3.01. The van der Waals surface area contributed by atoms with Crippen LogP contribution in [0.15, 0.2) is 60.7 Å². The highest BCUT2D eigenvalue weighted by Crippen LogP contribution is 2.28. The normalized spacial score (nSPS) is 10.5. The van der Waals surface area contributed by atoms with E-state index in [1.165, 1.54) is 5.39 Å². The third-order valence-electron chi connectivity index (χ3n) is 4.08. The minimum atomic E-state index is -0.301. The molecule has 0 heterocycles. The number of rotatable bonds is 6. The number of fused-ring (bicyclic) bond motifs is 1. The van der Waals surface area contributed by atoms with Gasteiger partial charge in [-0.2, -0.15) is 0 Å². The van der Waals surface area contributed by atoms with E-state index < -0.39 is 0 Å². The first-order valence-corrected chi connectivity index (χ1v) is 8.28. The van der Waals surface area contributed by atoms with Crippen LogP contribution < -0.4 is 10.1 Å². The first-order chi connectivity index (χ1) is 12.2. The molecule has 4 nitrogen and oxygen atoms in total. The van der Waals surface area contributed by atoms with Gasteiger partial charge in [0.15, 0.2) is 0 Å². The number of benzene rings is 3.